The van der Waals surface area contributed by atoms with Crippen molar-refractivity contribution in [3.05, 3.63) is 65.7 Å². The molecule has 0 unspecified atom stereocenters. The van der Waals surface area contributed by atoms with Crippen LogP contribution in [-0.4, -0.2) is 42.6 Å². The van der Waals surface area contributed by atoms with Crippen LogP contribution >= 0.6 is 0 Å². The van der Waals surface area contributed by atoms with E-state index in [1.807, 2.05) is 13.0 Å². The minimum atomic E-state index is -3.66. The summed E-state index contributed by atoms with van der Waals surface area (Å²) in [6.45, 7) is 1.77. The van der Waals surface area contributed by atoms with Crippen molar-refractivity contribution in [3.63, 3.8) is 0 Å². The van der Waals surface area contributed by atoms with Gasteiger partial charge in [-0.25, -0.2) is 22.2 Å². The van der Waals surface area contributed by atoms with E-state index in [1.165, 1.54) is 26.2 Å². The Morgan fingerprint density at radius 3 is 2.44 bits per heavy atom. The normalized spacial score (nSPS) is 11.7. The third-order valence-electron chi connectivity index (χ3n) is 3.90. The van der Waals surface area contributed by atoms with Crippen LogP contribution in [0.15, 0.2) is 58.2 Å². The number of aryl methyl sites for hydroxylation is 1. The number of rotatable bonds is 6. The first kappa shape index (κ1) is 18.9. The van der Waals surface area contributed by atoms with Crippen LogP contribution in [-0.2, 0) is 21.4 Å². The van der Waals surface area contributed by atoms with Crippen LogP contribution in [0.3, 0.4) is 0 Å². The molecule has 8 nitrogen and oxygen atoms in total. The van der Waals surface area contributed by atoms with Crippen molar-refractivity contribution >= 4 is 16.0 Å². The third-order valence-corrected chi connectivity index (χ3v) is 5.59. The quantitative estimate of drug-likeness (QED) is 0.601. The number of hydrogen-bond donors (Lipinski definition) is 0. The van der Waals surface area contributed by atoms with E-state index in [0.717, 1.165) is 15.7 Å². The average molecular weight is 389 g/mol. The number of esters is 1. The smallest absolute Gasteiger partial charge is 0.338 e. The van der Waals surface area contributed by atoms with Gasteiger partial charge < -0.3 is 9.15 Å². The second-order valence-electron chi connectivity index (χ2n) is 6.02. The maximum atomic E-state index is 12.2. The van der Waals surface area contributed by atoms with Crippen LogP contribution in [0.4, 0.5) is 0 Å². The molecule has 0 fully saturated rings. The molecule has 27 heavy (non-hydrogen) atoms. The summed E-state index contributed by atoms with van der Waals surface area (Å²) in [5.41, 5.74) is 2.18. The Balaban J connectivity index is 1.65. The molecule has 0 spiro atoms. The van der Waals surface area contributed by atoms with E-state index in [9.17, 15) is 13.2 Å². The zero-order valence-corrected chi connectivity index (χ0v) is 15.9. The second kappa shape index (κ2) is 7.37. The van der Waals surface area contributed by atoms with Gasteiger partial charge in [-0.1, -0.05) is 0 Å². The van der Waals surface area contributed by atoms with Gasteiger partial charge in [-0.3, -0.25) is 0 Å². The fourth-order valence-corrected chi connectivity index (χ4v) is 3.17. The molecule has 0 saturated heterocycles. The van der Waals surface area contributed by atoms with E-state index in [1.54, 1.807) is 35.1 Å². The zero-order valence-electron chi connectivity index (χ0n) is 15.1. The standard InChI is InChI=1S/C18H19N3O5S/c1-13-10-11-19-21(13)15-6-4-14(5-7-15)18(22)25-12-16-8-9-17(26-16)27(23,24)20(2)3/h4-11H,12H2,1-3H3. The number of furan rings is 1. The SMILES string of the molecule is Cc1ccnn1-c1ccc(C(=O)OCc2ccc(S(=O)(=O)N(C)C)o2)cc1. The lowest BCUT2D eigenvalue weighted by molar-refractivity contribution is 0.0440. The summed E-state index contributed by atoms with van der Waals surface area (Å²) in [7, 11) is -0.841. The molecule has 0 saturated carbocycles. The average Bonchev–Trinajstić information content (AvgIpc) is 3.29. The van der Waals surface area contributed by atoms with Crippen LogP contribution in [0.1, 0.15) is 21.8 Å². The number of benzene rings is 1. The van der Waals surface area contributed by atoms with Gasteiger partial charge in [0.15, 0.2) is 0 Å². The fourth-order valence-electron chi connectivity index (χ4n) is 2.35. The lowest BCUT2D eigenvalue weighted by Crippen LogP contribution is -2.21. The largest absolute Gasteiger partial charge is 0.454 e. The lowest BCUT2D eigenvalue weighted by atomic mass is 10.2. The monoisotopic (exact) mass is 389 g/mol. The minimum Gasteiger partial charge on any atom is -0.454 e. The van der Waals surface area contributed by atoms with Gasteiger partial charge in [0, 0.05) is 26.0 Å². The van der Waals surface area contributed by atoms with Gasteiger partial charge in [0.2, 0.25) is 5.09 Å². The molecule has 3 aromatic rings. The van der Waals surface area contributed by atoms with Gasteiger partial charge in [0.25, 0.3) is 10.0 Å². The Morgan fingerprint density at radius 1 is 1.15 bits per heavy atom. The van der Waals surface area contributed by atoms with Gasteiger partial charge in [-0.05, 0) is 49.4 Å². The van der Waals surface area contributed by atoms with Gasteiger partial charge in [0.05, 0.1) is 11.3 Å². The predicted molar refractivity (Wildman–Crippen MR) is 97.0 cm³/mol. The van der Waals surface area contributed by atoms with E-state index in [2.05, 4.69) is 5.10 Å². The number of nitrogens with zero attached hydrogens (tertiary/aromatic N) is 3. The first-order valence-corrected chi connectivity index (χ1v) is 9.52. The van der Waals surface area contributed by atoms with Gasteiger partial charge in [-0.2, -0.15) is 5.10 Å². The number of ether oxygens (including phenoxy) is 1. The summed E-state index contributed by atoms with van der Waals surface area (Å²) >= 11 is 0. The molecule has 0 radical (unpaired) electrons. The summed E-state index contributed by atoms with van der Waals surface area (Å²) in [6.07, 6.45) is 1.70. The molecule has 3 rings (SSSR count). The maximum absolute atomic E-state index is 12.2. The first-order valence-electron chi connectivity index (χ1n) is 8.08. The van der Waals surface area contributed by atoms with Gasteiger partial charge in [0.1, 0.15) is 12.4 Å². The minimum absolute atomic E-state index is 0.165. The first-order chi connectivity index (χ1) is 12.8. The van der Waals surface area contributed by atoms with Crippen LogP contribution in [0.2, 0.25) is 0 Å². The molecule has 0 amide bonds. The molecular formula is C18H19N3O5S. The van der Waals surface area contributed by atoms with Crippen LogP contribution in [0, 0.1) is 6.92 Å². The van der Waals surface area contributed by atoms with E-state index >= 15 is 0 Å². The van der Waals surface area contributed by atoms with Crippen LogP contribution in [0.25, 0.3) is 5.69 Å². The Morgan fingerprint density at radius 2 is 1.85 bits per heavy atom. The summed E-state index contributed by atoms with van der Waals surface area (Å²) < 4.78 is 37.2. The van der Waals surface area contributed by atoms with E-state index in [-0.39, 0.29) is 17.5 Å². The van der Waals surface area contributed by atoms with Gasteiger partial charge >= 0.3 is 5.97 Å². The summed E-state index contributed by atoms with van der Waals surface area (Å²) in [5.74, 6) is -0.292. The molecule has 0 atom stereocenters. The molecule has 0 bridgehead atoms. The Hall–Kier alpha value is -2.91. The molecule has 0 aliphatic carbocycles. The molecular weight excluding hydrogens is 370 g/mol. The number of hydrogen-bond acceptors (Lipinski definition) is 6. The predicted octanol–water partition coefficient (Wildman–Crippen LogP) is 2.38. The number of carbonyl (C=O) groups is 1. The number of sulfonamides is 1. The molecule has 142 valence electrons. The van der Waals surface area contributed by atoms with Crippen LogP contribution in [0.5, 0.6) is 0 Å². The van der Waals surface area contributed by atoms with Crippen molar-refractivity contribution in [2.24, 2.45) is 0 Å². The molecule has 2 heterocycles. The van der Waals surface area contributed by atoms with Crippen molar-refractivity contribution in [1.82, 2.24) is 14.1 Å². The van der Waals surface area contributed by atoms with E-state index < -0.39 is 16.0 Å². The van der Waals surface area contributed by atoms with Crippen molar-refractivity contribution in [3.8, 4) is 5.69 Å². The Labute approximate surface area is 157 Å². The summed E-state index contributed by atoms with van der Waals surface area (Å²) in [5, 5.41) is 4.01. The topological polar surface area (TPSA) is 94.6 Å². The molecule has 2 aromatic heterocycles. The van der Waals surface area contributed by atoms with E-state index in [0.29, 0.717) is 5.56 Å². The van der Waals surface area contributed by atoms with Crippen molar-refractivity contribution in [2.75, 3.05) is 14.1 Å². The van der Waals surface area contributed by atoms with Crippen LogP contribution < -0.4 is 0 Å². The van der Waals surface area contributed by atoms with E-state index in [4.69, 9.17) is 9.15 Å². The number of aromatic nitrogens is 2. The van der Waals surface area contributed by atoms with Crippen molar-refractivity contribution in [2.45, 2.75) is 18.6 Å². The lowest BCUT2D eigenvalue weighted by Gasteiger charge is -2.08. The Bertz CT molecular complexity index is 1050. The zero-order chi connectivity index (χ0) is 19.6. The summed E-state index contributed by atoms with van der Waals surface area (Å²) in [6, 6.07) is 11.5. The molecule has 0 aliphatic rings. The molecule has 1 aromatic carbocycles. The highest BCUT2D eigenvalue weighted by atomic mass is 32.2. The molecule has 9 heteroatoms. The highest BCUT2D eigenvalue weighted by molar-refractivity contribution is 7.88. The molecule has 0 N–H and O–H groups in total. The number of carbonyl (C=O) groups excluding carboxylic acids is 1. The van der Waals surface area contributed by atoms with Crippen molar-refractivity contribution < 1.29 is 22.4 Å². The highest BCUT2D eigenvalue weighted by Crippen LogP contribution is 2.18. The third kappa shape index (κ3) is 3.93. The highest BCUT2D eigenvalue weighted by Gasteiger charge is 2.21. The second-order valence-corrected chi connectivity index (χ2v) is 8.10. The Kier molecular flexibility index (Phi) is 5.15. The van der Waals surface area contributed by atoms with Gasteiger partial charge in [-0.15, -0.1) is 0 Å². The maximum Gasteiger partial charge on any atom is 0.338 e. The summed E-state index contributed by atoms with van der Waals surface area (Å²) in [4.78, 5) is 12.2. The molecule has 0 aliphatic heterocycles. The van der Waals surface area contributed by atoms with Crippen molar-refractivity contribution in [1.29, 1.82) is 0 Å². The fraction of sp³-hybridized carbons (Fsp3) is 0.222.